The molecule has 1 N–H and O–H groups in total. The maximum atomic E-state index is 14.2. The number of nitrogens with zero attached hydrogens (tertiary/aromatic N) is 2. The lowest BCUT2D eigenvalue weighted by atomic mass is 9.60. The summed E-state index contributed by atoms with van der Waals surface area (Å²) in [6, 6.07) is 16.5. The van der Waals surface area contributed by atoms with E-state index in [9.17, 15) is 14.3 Å². The summed E-state index contributed by atoms with van der Waals surface area (Å²) in [7, 11) is 0. The van der Waals surface area contributed by atoms with Crippen LogP contribution in [0.4, 0.5) is 4.39 Å². The lowest BCUT2D eigenvalue weighted by Crippen LogP contribution is -2.85. The van der Waals surface area contributed by atoms with Crippen molar-refractivity contribution in [2.45, 2.75) is 30.3 Å². The minimum atomic E-state index is -0.478. The van der Waals surface area contributed by atoms with Crippen LogP contribution < -0.4 is 0 Å². The second-order valence-electron chi connectivity index (χ2n) is 9.09. The molecule has 0 bridgehead atoms. The van der Waals surface area contributed by atoms with E-state index < -0.39 is 5.82 Å². The van der Waals surface area contributed by atoms with Gasteiger partial charge in [-0.05, 0) is 36.5 Å². The van der Waals surface area contributed by atoms with Gasteiger partial charge in [0.1, 0.15) is 5.82 Å². The molecule has 0 unspecified atom stereocenters. The number of benzene rings is 2. The minimum absolute atomic E-state index is 0.0379. The van der Waals surface area contributed by atoms with Gasteiger partial charge in [-0.15, -0.1) is 0 Å². The van der Waals surface area contributed by atoms with Crippen LogP contribution in [-0.4, -0.2) is 71.8 Å². The molecule has 3 saturated heterocycles. The van der Waals surface area contributed by atoms with Crippen LogP contribution in [0, 0.1) is 11.7 Å². The Morgan fingerprint density at radius 2 is 1.74 bits per heavy atom. The zero-order valence-electron chi connectivity index (χ0n) is 17.6. The van der Waals surface area contributed by atoms with Crippen LogP contribution in [0.3, 0.4) is 0 Å². The fraction of sp³-hybridized carbons (Fsp3) is 0.480. The minimum Gasteiger partial charge on any atom is -0.395 e. The van der Waals surface area contributed by atoms with E-state index in [1.54, 1.807) is 23.1 Å². The summed E-state index contributed by atoms with van der Waals surface area (Å²) in [4.78, 5) is 17.1. The summed E-state index contributed by atoms with van der Waals surface area (Å²) in [6.07, 6.45) is 2.05. The summed E-state index contributed by atoms with van der Waals surface area (Å²) in [5, 5.41) is 10.3. The third-order valence-corrected chi connectivity index (χ3v) is 7.40. The molecule has 5 rings (SSSR count). The van der Waals surface area contributed by atoms with E-state index in [4.69, 9.17) is 4.74 Å². The summed E-state index contributed by atoms with van der Waals surface area (Å²) >= 11 is 0. The first kappa shape index (κ1) is 20.6. The normalized spacial score (nSPS) is 25.8. The van der Waals surface area contributed by atoms with E-state index in [0.717, 1.165) is 32.6 Å². The summed E-state index contributed by atoms with van der Waals surface area (Å²) in [6.45, 7) is 3.68. The molecule has 164 valence electrons. The van der Waals surface area contributed by atoms with Gasteiger partial charge in [0.2, 0.25) is 0 Å². The van der Waals surface area contributed by atoms with Crippen LogP contribution in [-0.2, 0) is 4.74 Å². The fourth-order valence-corrected chi connectivity index (χ4v) is 5.83. The van der Waals surface area contributed by atoms with Crippen molar-refractivity contribution in [3.8, 4) is 0 Å². The molecule has 1 amide bonds. The van der Waals surface area contributed by atoms with Crippen LogP contribution in [0.1, 0.15) is 34.7 Å². The average Bonchev–Trinajstić information content (AvgIpc) is 2.77. The number of aliphatic hydroxyl groups excluding tert-OH is 1. The third kappa shape index (κ3) is 3.47. The van der Waals surface area contributed by atoms with Gasteiger partial charge in [-0.25, -0.2) is 4.39 Å². The van der Waals surface area contributed by atoms with Gasteiger partial charge in [-0.3, -0.25) is 9.69 Å². The largest absolute Gasteiger partial charge is 0.395 e. The Hall–Kier alpha value is -2.28. The molecule has 0 aromatic heterocycles. The Balaban J connectivity index is 1.40. The van der Waals surface area contributed by atoms with Crippen molar-refractivity contribution in [1.82, 2.24) is 9.80 Å². The summed E-state index contributed by atoms with van der Waals surface area (Å²) in [5.41, 5.74) is 1.12. The first-order valence-corrected chi connectivity index (χ1v) is 11.2. The van der Waals surface area contributed by atoms with Crippen LogP contribution in [0.2, 0.25) is 0 Å². The number of halogens is 1. The Morgan fingerprint density at radius 1 is 1.06 bits per heavy atom. The quantitative estimate of drug-likeness (QED) is 0.802. The Labute approximate surface area is 182 Å². The molecule has 0 aliphatic carbocycles. The van der Waals surface area contributed by atoms with Crippen molar-refractivity contribution in [3.05, 3.63) is 71.5 Å². The van der Waals surface area contributed by atoms with Crippen LogP contribution in [0.5, 0.6) is 0 Å². The summed E-state index contributed by atoms with van der Waals surface area (Å²) < 4.78 is 19.7. The number of ether oxygens (including phenoxy) is 1. The molecule has 0 radical (unpaired) electrons. The lowest BCUT2D eigenvalue weighted by molar-refractivity contribution is -0.186. The van der Waals surface area contributed by atoms with Crippen molar-refractivity contribution in [2.24, 2.45) is 5.92 Å². The molecule has 2 atom stereocenters. The van der Waals surface area contributed by atoms with Gasteiger partial charge < -0.3 is 14.7 Å². The van der Waals surface area contributed by atoms with E-state index in [1.807, 2.05) is 18.2 Å². The van der Waals surface area contributed by atoms with Gasteiger partial charge in [-0.1, -0.05) is 42.5 Å². The Bertz CT molecular complexity index is 925. The first-order valence-electron chi connectivity index (χ1n) is 11.2. The van der Waals surface area contributed by atoms with Gasteiger partial charge in [0.05, 0.1) is 17.7 Å². The molecule has 31 heavy (non-hydrogen) atoms. The molecule has 2 aromatic carbocycles. The molecular formula is C25H29FN2O3. The zero-order chi connectivity index (χ0) is 21.4. The molecule has 3 aliphatic heterocycles. The second-order valence-corrected chi connectivity index (χ2v) is 9.09. The molecule has 3 aliphatic rings. The highest BCUT2D eigenvalue weighted by atomic mass is 19.1. The van der Waals surface area contributed by atoms with Crippen LogP contribution in [0.25, 0.3) is 0 Å². The number of rotatable bonds is 5. The van der Waals surface area contributed by atoms with E-state index in [-0.39, 0.29) is 35.6 Å². The van der Waals surface area contributed by atoms with Gasteiger partial charge >= 0.3 is 0 Å². The average molecular weight is 425 g/mol. The van der Waals surface area contributed by atoms with E-state index in [1.165, 1.54) is 11.6 Å². The molecule has 3 heterocycles. The van der Waals surface area contributed by atoms with E-state index in [2.05, 4.69) is 17.0 Å². The topological polar surface area (TPSA) is 53.0 Å². The van der Waals surface area contributed by atoms with Crippen molar-refractivity contribution < 1.29 is 19.0 Å². The van der Waals surface area contributed by atoms with E-state index >= 15 is 0 Å². The van der Waals surface area contributed by atoms with Crippen LogP contribution in [0.15, 0.2) is 54.6 Å². The molecule has 2 aromatic rings. The Morgan fingerprint density at radius 3 is 2.42 bits per heavy atom. The number of hydrogen-bond acceptors (Lipinski definition) is 4. The highest BCUT2D eigenvalue weighted by molar-refractivity contribution is 5.95. The summed E-state index contributed by atoms with van der Waals surface area (Å²) in [5.74, 6) is -0.0427. The van der Waals surface area contributed by atoms with E-state index in [0.29, 0.717) is 19.0 Å². The van der Waals surface area contributed by atoms with Gasteiger partial charge in [-0.2, -0.15) is 0 Å². The standard InChI is InChI=1S/C25H29FN2O3/c26-21-9-5-4-8-20(21)24(30)27-16-25(17-27)23(19-6-2-1-3-7-19)22(15-29)28(25)14-18-10-12-31-13-11-18/h1-9,18,22-23,29H,10-17H2/t22-,23-/m1/s1. The smallest absolute Gasteiger partial charge is 0.256 e. The third-order valence-electron chi connectivity index (χ3n) is 7.40. The van der Waals surface area contributed by atoms with Gasteiger partial charge in [0, 0.05) is 44.8 Å². The van der Waals surface area contributed by atoms with Gasteiger partial charge in [0.25, 0.3) is 5.91 Å². The molecule has 3 fully saturated rings. The van der Waals surface area contributed by atoms with Crippen molar-refractivity contribution in [2.75, 3.05) is 39.5 Å². The second kappa shape index (κ2) is 8.34. The number of aliphatic hydroxyl groups is 1. The molecule has 6 heteroatoms. The zero-order valence-corrected chi connectivity index (χ0v) is 17.6. The Kier molecular flexibility index (Phi) is 5.54. The molecular weight excluding hydrogens is 395 g/mol. The predicted octanol–water partition coefficient (Wildman–Crippen LogP) is 2.91. The molecule has 5 nitrogen and oxygen atoms in total. The molecule has 0 saturated carbocycles. The number of carbonyl (C=O) groups excluding carboxylic acids is 1. The fourth-order valence-electron chi connectivity index (χ4n) is 5.83. The lowest BCUT2D eigenvalue weighted by Gasteiger charge is -2.71. The number of amides is 1. The molecule has 1 spiro atoms. The van der Waals surface area contributed by atoms with Gasteiger partial charge in [0.15, 0.2) is 0 Å². The highest BCUT2D eigenvalue weighted by Crippen LogP contribution is 2.54. The maximum absolute atomic E-state index is 14.2. The number of carbonyl (C=O) groups is 1. The first-order chi connectivity index (χ1) is 15.1. The van der Waals surface area contributed by atoms with Crippen molar-refractivity contribution >= 4 is 5.91 Å². The highest BCUT2D eigenvalue weighted by Gasteiger charge is 2.66. The maximum Gasteiger partial charge on any atom is 0.256 e. The van der Waals surface area contributed by atoms with Crippen molar-refractivity contribution in [3.63, 3.8) is 0 Å². The van der Waals surface area contributed by atoms with Crippen molar-refractivity contribution in [1.29, 1.82) is 0 Å². The monoisotopic (exact) mass is 424 g/mol. The number of likely N-dealkylation sites (tertiary alicyclic amines) is 2. The number of hydrogen-bond donors (Lipinski definition) is 1. The SMILES string of the molecule is O=C(c1ccccc1F)N1CC2(C1)[C@H](c1ccccc1)[C@@H](CO)N2CC1CCOCC1. The predicted molar refractivity (Wildman–Crippen MR) is 115 cm³/mol. The van der Waals surface area contributed by atoms with Crippen LogP contribution >= 0.6 is 0 Å².